The minimum Gasteiger partial charge on any atom is -0.359 e. The van der Waals surface area contributed by atoms with Crippen molar-refractivity contribution in [3.63, 3.8) is 0 Å². The monoisotopic (exact) mass is 283 g/mol. The molecule has 1 N–H and O–H groups in total. The highest BCUT2D eigenvalue weighted by molar-refractivity contribution is 6.31. The van der Waals surface area contributed by atoms with Crippen molar-refractivity contribution < 1.29 is 0 Å². The minimum atomic E-state index is 0.671. The van der Waals surface area contributed by atoms with Gasteiger partial charge in [-0.1, -0.05) is 38.8 Å². The predicted molar refractivity (Wildman–Crippen MR) is 84.0 cm³/mol. The van der Waals surface area contributed by atoms with Crippen LogP contribution >= 0.6 is 11.6 Å². The molecule has 0 aliphatic carbocycles. The number of anilines is 1. The molecule has 19 heavy (non-hydrogen) atoms. The first-order valence-corrected chi connectivity index (χ1v) is 7.52. The molecular weight excluding hydrogens is 258 g/mol. The second kappa shape index (κ2) is 8.39. The van der Waals surface area contributed by atoms with Crippen LogP contribution in [0, 0.1) is 5.92 Å². The number of pyridine rings is 1. The van der Waals surface area contributed by atoms with Crippen molar-refractivity contribution >= 4 is 17.4 Å². The third kappa shape index (κ3) is 5.37. The molecule has 0 aliphatic heterocycles. The van der Waals surface area contributed by atoms with Crippen LogP contribution < -0.4 is 10.2 Å². The number of rotatable bonds is 8. The highest BCUT2D eigenvalue weighted by Gasteiger charge is 2.09. The van der Waals surface area contributed by atoms with E-state index in [1.807, 2.05) is 0 Å². The van der Waals surface area contributed by atoms with E-state index < -0.39 is 0 Å². The number of aromatic nitrogens is 1. The first-order valence-electron chi connectivity index (χ1n) is 7.14. The third-order valence-electron chi connectivity index (χ3n) is 3.34. The Kier molecular flexibility index (Phi) is 7.17. The first-order chi connectivity index (χ1) is 9.08. The van der Waals surface area contributed by atoms with Gasteiger partial charge in [0.15, 0.2) is 0 Å². The van der Waals surface area contributed by atoms with Crippen LogP contribution in [0.5, 0.6) is 0 Å². The van der Waals surface area contributed by atoms with Gasteiger partial charge < -0.3 is 10.2 Å². The van der Waals surface area contributed by atoms with Crippen molar-refractivity contribution in [2.45, 2.75) is 40.2 Å². The molecule has 0 saturated heterocycles. The topological polar surface area (TPSA) is 28.2 Å². The van der Waals surface area contributed by atoms with Gasteiger partial charge >= 0.3 is 0 Å². The van der Waals surface area contributed by atoms with Gasteiger partial charge in [-0.2, -0.15) is 0 Å². The van der Waals surface area contributed by atoms with Crippen LogP contribution in [0.25, 0.3) is 0 Å². The summed E-state index contributed by atoms with van der Waals surface area (Å²) in [6.07, 6.45) is 4.07. The van der Waals surface area contributed by atoms with Gasteiger partial charge in [0.25, 0.3) is 0 Å². The quantitative estimate of drug-likeness (QED) is 0.737. The van der Waals surface area contributed by atoms with Gasteiger partial charge in [-0.05, 0) is 30.5 Å². The van der Waals surface area contributed by atoms with Gasteiger partial charge in [0.2, 0.25) is 0 Å². The van der Waals surface area contributed by atoms with E-state index in [0.29, 0.717) is 5.92 Å². The van der Waals surface area contributed by atoms with Crippen LogP contribution in [-0.4, -0.2) is 25.1 Å². The summed E-state index contributed by atoms with van der Waals surface area (Å²) in [5.74, 6) is 1.67. The van der Waals surface area contributed by atoms with Gasteiger partial charge in [0.05, 0.1) is 5.02 Å². The lowest BCUT2D eigenvalue weighted by atomic mass is 10.1. The molecule has 3 nitrogen and oxygen atoms in total. The highest BCUT2D eigenvalue weighted by atomic mass is 35.5. The standard InChI is InChI=1S/C15H26ClN3/c1-5-7-17-9-13-8-15(18-10-14(13)16)19(4)11-12(3)6-2/h8,10,12,17H,5-7,9,11H2,1-4H3. The summed E-state index contributed by atoms with van der Waals surface area (Å²) >= 11 is 6.19. The van der Waals surface area contributed by atoms with Crippen molar-refractivity contribution in [3.8, 4) is 0 Å². The summed E-state index contributed by atoms with van der Waals surface area (Å²) in [5, 5.41) is 4.12. The Bertz CT molecular complexity index is 382. The zero-order chi connectivity index (χ0) is 14.3. The number of nitrogens with one attached hydrogen (secondary N) is 1. The Morgan fingerprint density at radius 3 is 2.79 bits per heavy atom. The number of nitrogens with zero attached hydrogens (tertiary/aromatic N) is 2. The predicted octanol–water partition coefficient (Wildman–Crippen LogP) is 3.72. The average molecular weight is 284 g/mol. The molecule has 1 aromatic heterocycles. The van der Waals surface area contributed by atoms with Crippen molar-refractivity contribution in [1.82, 2.24) is 10.3 Å². The van der Waals surface area contributed by atoms with Crippen molar-refractivity contribution in [2.24, 2.45) is 5.92 Å². The molecular formula is C15H26ClN3. The van der Waals surface area contributed by atoms with Crippen LogP contribution in [0.3, 0.4) is 0 Å². The zero-order valence-corrected chi connectivity index (χ0v) is 13.3. The molecule has 0 aromatic carbocycles. The van der Waals surface area contributed by atoms with Crippen LogP contribution in [-0.2, 0) is 6.54 Å². The van der Waals surface area contributed by atoms with E-state index in [0.717, 1.165) is 42.5 Å². The highest BCUT2D eigenvalue weighted by Crippen LogP contribution is 2.20. The SMILES string of the molecule is CCCNCc1cc(N(C)CC(C)CC)ncc1Cl. The number of halogens is 1. The Labute approximate surface area is 122 Å². The summed E-state index contributed by atoms with van der Waals surface area (Å²) in [7, 11) is 2.09. The van der Waals surface area contributed by atoms with Crippen LogP contribution in [0.1, 0.15) is 39.2 Å². The molecule has 0 radical (unpaired) electrons. The zero-order valence-electron chi connectivity index (χ0n) is 12.5. The molecule has 0 bridgehead atoms. The lowest BCUT2D eigenvalue weighted by Crippen LogP contribution is -2.25. The molecule has 0 saturated carbocycles. The van der Waals surface area contributed by atoms with Gasteiger partial charge in [-0.15, -0.1) is 0 Å². The molecule has 1 unspecified atom stereocenters. The van der Waals surface area contributed by atoms with E-state index in [4.69, 9.17) is 11.6 Å². The Morgan fingerprint density at radius 2 is 2.16 bits per heavy atom. The maximum Gasteiger partial charge on any atom is 0.128 e. The van der Waals surface area contributed by atoms with E-state index in [1.165, 1.54) is 6.42 Å². The minimum absolute atomic E-state index is 0.671. The molecule has 0 fully saturated rings. The Hall–Kier alpha value is -0.800. The molecule has 1 rings (SSSR count). The summed E-state index contributed by atoms with van der Waals surface area (Å²) in [5.41, 5.74) is 1.12. The van der Waals surface area contributed by atoms with Crippen LogP contribution in [0.2, 0.25) is 5.02 Å². The van der Waals surface area contributed by atoms with Gasteiger partial charge in [0, 0.05) is 26.3 Å². The lowest BCUT2D eigenvalue weighted by Gasteiger charge is -2.22. The molecule has 1 aromatic rings. The number of hydrogen-bond donors (Lipinski definition) is 1. The molecule has 0 aliphatic rings. The van der Waals surface area contributed by atoms with Crippen LogP contribution in [0.15, 0.2) is 12.3 Å². The van der Waals surface area contributed by atoms with Crippen molar-refractivity contribution in [2.75, 3.05) is 25.0 Å². The Balaban J connectivity index is 2.71. The van der Waals surface area contributed by atoms with Gasteiger partial charge in [0.1, 0.15) is 5.82 Å². The second-order valence-electron chi connectivity index (χ2n) is 5.20. The summed E-state index contributed by atoms with van der Waals surface area (Å²) in [6, 6.07) is 2.09. The largest absolute Gasteiger partial charge is 0.359 e. The first kappa shape index (κ1) is 16.3. The maximum atomic E-state index is 6.19. The molecule has 1 atom stereocenters. The third-order valence-corrected chi connectivity index (χ3v) is 3.68. The Morgan fingerprint density at radius 1 is 1.42 bits per heavy atom. The summed E-state index contributed by atoms with van der Waals surface area (Å²) < 4.78 is 0. The fraction of sp³-hybridized carbons (Fsp3) is 0.667. The number of hydrogen-bond acceptors (Lipinski definition) is 3. The molecule has 0 spiro atoms. The van der Waals surface area contributed by atoms with E-state index in [9.17, 15) is 0 Å². The second-order valence-corrected chi connectivity index (χ2v) is 5.61. The van der Waals surface area contributed by atoms with Gasteiger partial charge in [-0.3, -0.25) is 0 Å². The lowest BCUT2D eigenvalue weighted by molar-refractivity contribution is 0.557. The molecule has 4 heteroatoms. The van der Waals surface area contributed by atoms with Crippen molar-refractivity contribution in [3.05, 3.63) is 22.8 Å². The molecule has 0 amide bonds. The molecule has 1 heterocycles. The van der Waals surface area contributed by atoms with Gasteiger partial charge in [-0.25, -0.2) is 4.98 Å². The van der Waals surface area contributed by atoms with E-state index >= 15 is 0 Å². The fourth-order valence-electron chi connectivity index (χ4n) is 1.90. The van der Waals surface area contributed by atoms with Crippen LogP contribution in [0.4, 0.5) is 5.82 Å². The molecule has 108 valence electrons. The van der Waals surface area contributed by atoms with E-state index in [-0.39, 0.29) is 0 Å². The maximum absolute atomic E-state index is 6.19. The smallest absolute Gasteiger partial charge is 0.128 e. The van der Waals surface area contributed by atoms with Crippen molar-refractivity contribution in [1.29, 1.82) is 0 Å². The fourth-order valence-corrected chi connectivity index (χ4v) is 2.07. The summed E-state index contributed by atoms with van der Waals surface area (Å²) in [4.78, 5) is 6.62. The van der Waals surface area contributed by atoms with E-state index in [1.54, 1.807) is 6.20 Å². The van der Waals surface area contributed by atoms with E-state index in [2.05, 4.69) is 49.1 Å². The normalized spacial score (nSPS) is 12.5. The summed E-state index contributed by atoms with van der Waals surface area (Å²) in [6.45, 7) is 9.47. The average Bonchev–Trinajstić information content (AvgIpc) is 2.40.